The fourth-order valence-corrected chi connectivity index (χ4v) is 2.48. The second-order valence-corrected chi connectivity index (χ2v) is 5.20. The van der Waals surface area contributed by atoms with Gasteiger partial charge < -0.3 is 0 Å². The molecule has 0 saturated carbocycles. The second-order valence-electron chi connectivity index (χ2n) is 5.20. The van der Waals surface area contributed by atoms with E-state index in [-0.39, 0.29) is 0 Å². The molecule has 0 bridgehead atoms. The maximum atomic E-state index is 2.25. The van der Waals surface area contributed by atoms with E-state index < -0.39 is 0 Å². The molecule has 0 amide bonds. The van der Waals surface area contributed by atoms with Crippen LogP contribution in [0, 0.1) is 6.92 Å². The SMILES string of the molecule is Cc1cccc(/C(=C\c2ccccc2)c2ccccc2)c1. The molecule has 0 radical (unpaired) electrons. The Morgan fingerprint density at radius 2 is 1.29 bits per heavy atom. The third kappa shape index (κ3) is 3.29. The van der Waals surface area contributed by atoms with Crippen LogP contribution in [0.15, 0.2) is 84.9 Å². The van der Waals surface area contributed by atoms with E-state index in [9.17, 15) is 0 Å². The molecular formula is C21H18. The zero-order chi connectivity index (χ0) is 14.5. The van der Waals surface area contributed by atoms with E-state index in [1.807, 2.05) is 6.07 Å². The van der Waals surface area contributed by atoms with Crippen LogP contribution in [0.5, 0.6) is 0 Å². The molecule has 0 spiro atoms. The minimum absolute atomic E-state index is 1.22. The Morgan fingerprint density at radius 1 is 0.667 bits per heavy atom. The number of hydrogen-bond acceptors (Lipinski definition) is 0. The fraction of sp³-hybridized carbons (Fsp3) is 0.0476. The molecule has 0 fully saturated rings. The second kappa shape index (κ2) is 6.23. The number of aryl methyl sites for hydroxylation is 1. The van der Waals surface area contributed by atoms with Crippen molar-refractivity contribution in [3.05, 3.63) is 107 Å². The van der Waals surface area contributed by atoms with Gasteiger partial charge in [0.15, 0.2) is 0 Å². The lowest BCUT2D eigenvalue weighted by Crippen LogP contribution is -1.89. The van der Waals surface area contributed by atoms with Crippen LogP contribution in [0.3, 0.4) is 0 Å². The highest BCUT2D eigenvalue weighted by Gasteiger charge is 2.05. The molecule has 0 aromatic heterocycles. The molecule has 3 rings (SSSR count). The number of benzene rings is 3. The van der Waals surface area contributed by atoms with Crippen molar-refractivity contribution < 1.29 is 0 Å². The highest BCUT2D eigenvalue weighted by molar-refractivity contribution is 5.91. The van der Waals surface area contributed by atoms with E-state index in [0.717, 1.165) is 0 Å². The van der Waals surface area contributed by atoms with Crippen LogP contribution in [0.2, 0.25) is 0 Å². The monoisotopic (exact) mass is 270 g/mol. The highest BCUT2D eigenvalue weighted by atomic mass is 14.1. The van der Waals surface area contributed by atoms with Gasteiger partial charge in [-0.2, -0.15) is 0 Å². The largest absolute Gasteiger partial charge is 0.0622 e. The first kappa shape index (κ1) is 13.4. The summed E-state index contributed by atoms with van der Waals surface area (Å²) in [5.41, 5.74) is 6.25. The van der Waals surface area contributed by atoms with Gasteiger partial charge in [0.25, 0.3) is 0 Å². The Balaban J connectivity index is 2.14. The first-order valence-corrected chi connectivity index (χ1v) is 7.22. The summed E-state index contributed by atoms with van der Waals surface area (Å²) in [5.74, 6) is 0. The predicted molar refractivity (Wildman–Crippen MR) is 91.0 cm³/mol. The molecule has 0 heteroatoms. The van der Waals surface area contributed by atoms with Crippen molar-refractivity contribution >= 4 is 11.6 Å². The summed E-state index contributed by atoms with van der Waals surface area (Å²) in [5, 5.41) is 0. The summed E-state index contributed by atoms with van der Waals surface area (Å²) < 4.78 is 0. The van der Waals surface area contributed by atoms with Crippen LogP contribution >= 0.6 is 0 Å². The van der Waals surface area contributed by atoms with Gasteiger partial charge >= 0.3 is 0 Å². The molecule has 102 valence electrons. The summed E-state index contributed by atoms with van der Waals surface area (Å²) in [7, 11) is 0. The smallest absolute Gasteiger partial charge is 0.0105 e. The molecule has 21 heavy (non-hydrogen) atoms. The van der Waals surface area contributed by atoms with Crippen molar-refractivity contribution in [2.24, 2.45) is 0 Å². The minimum atomic E-state index is 1.22. The molecule has 3 aromatic carbocycles. The molecule has 0 heterocycles. The first-order valence-electron chi connectivity index (χ1n) is 7.22. The van der Waals surface area contributed by atoms with Crippen LogP contribution in [0.1, 0.15) is 22.3 Å². The summed E-state index contributed by atoms with van der Waals surface area (Å²) in [4.78, 5) is 0. The highest BCUT2D eigenvalue weighted by Crippen LogP contribution is 2.26. The van der Waals surface area contributed by atoms with E-state index in [4.69, 9.17) is 0 Å². The van der Waals surface area contributed by atoms with Crippen molar-refractivity contribution in [1.29, 1.82) is 0 Å². The quantitative estimate of drug-likeness (QED) is 0.545. The third-order valence-corrected chi connectivity index (χ3v) is 3.52. The third-order valence-electron chi connectivity index (χ3n) is 3.52. The van der Waals surface area contributed by atoms with Crippen molar-refractivity contribution in [2.45, 2.75) is 6.92 Å². The van der Waals surface area contributed by atoms with E-state index >= 15 is 0 Å². The van der Waals surface area contributed by atoms with Crippen LogP contribution in [0.4, 0.5) is 0 Å². The normalized spacial score (nSPS) is 11.4. The zero-order valence-corrected chi connectivity index (χ0v) is 12.2. The average molecular weight is 270 g/mol. The van der Waals surface area contributed by atoms with Crippen molar-refractivity contribution in [2.75, 3.05) is 0 Å². The molecule has 0 aliphatic heterocycles. The lowest BCUT2D eigenvalue weighted by atomic mass is 9.95. The minimum Gasteiger partial charge on any atom is -0.0622 e. The fourth-order valence-electron chi connectivity index (χ4n) is 2.48. The first-order chi connectivity index (χ1) is 10.3. The van der Waals surface area contributed by atoms with E-state index in [0.29, 0.717) is 0 Å². The van der Waals surface area contributed by atoms with E-state index in [2.05, 4.69) is 91.9 Å². The van der Waals surface area contributed by atoms with Crippen LogP contribution in [0.25, 0.3) is 11.6 Å². The summed E-state index contributed by atoms with van der Waals surface area (Å²) in [6.45, 7) is 2.13. The van der Waals surface area contributed by atoms with Gasteiger partial charge in [-0.3, -0.25) is 0 Å². The Kier molecular flexibility index (Phi) is 3.97. The van der Waals surface area contributed by atoms with Crippen LogP contribution in [-0.2, 0) is 0 Å². The topological polar surface area (TPSA) is 0 Å². The zero-order valence-electron chi connectivity index (χ0n) is 12.2. The maximum Gasteiger partial charge on any atom is -0.0105 e. The average Bonchev–Trinajstić information content (AvgIpc) is 2.54. The Morgan fingerprint density at radius 3 is 1.95 bits per heavy atom. The molecular weight excluding hydrogens is 252 g/mol. The Bertz CT molecular complexity index is 737. The lowest BCUT2D eigenvalue weighted by Gasteiger charge is -2.10. The van der Waals surface area contributed by atoms with Crippen LogP contribution in [-0.4, -0.2) is 0 Å². The van der Waals surface area contributed by atoms with Gasteiger partial charge in [-0.25, -0.2) is 0 Å². The number of rotatable bonds is 3. The van der Waals surface area contributed by atoms with E-state index in [1.165, 1.54) is 27.8 Å². The van der Waals surface area contributed by atoms with E-state index in [1.54, 1.807) is 0 Å². The molecule has 0 saturated heterocycles. The van der Waals surface area contributed by atoms with Gasteiger partial charge in [0.05, 0.1) is 0 Å². The molecule has 0 aliphatic carbocycles. The van der Waals surface area contributed by atoms with Gasteiger partial charge in [-0.1, -0.05) is 90.5 Å². The molecule has 0 nitrogen and oxygen atoms in total. The van der Waals surface area contributed by atoms with Gasteiger partial charge in [-0.15, -0.1) is 0 Å². The lowest BCUT2D eigenvalue weighted by molar-refractivity contribution is 1.44. The van der Waals surface area contributed by atoms with Gasteiger partial charge in [0, 0.05) is 0 Å². The van der Waals surface area contributed by atoms with Crippen molar-refractivity contribution in [1.82, 2.24) is 0 Å². The summed E-state index contributed by atoms with van der Waals surface area (Å²) >= 11 is 0. The van der Waals surface area contributed by atoms with Gasteiger partial charge in [0.2, 0.25) is 0 Å². The van der Waals surface area contributed by atoms with Crippen LogP contribution < -0.4 is 0 Å². The maximum absolute atomic E-state index is 2.25. The predicted octanol–water partition coefficient (Wildman–Crippen LogP) is 5.58. The number of hydrogen-bond donors (Lipinski definition) is 0. The standard InChI is InChI=1S/C21H18/c1-17-9-8-14-20(15-17)21(19-12-6-3-7-13-19)16-18-10-4-2-5-11-18/h2-16H,1H3/b21-16-. The summed E-state index contributed by atoms with van der Waals surface area (Å²) in [6.07, 6.45) is 2.25. The summed E-state index contributed by atoms with van der Waals surface area (Å²) in [6, 6.07) is 29.7. The van der Waals surface area contributed by atoms with Gasteiger partial charge in [0.1, 0.15) is 0 Å². The van der Waals surface area contributed by atoms with Crippen molar-refractivity contribution in [3.63, 3.8) is 0 Å². The molecule has 0 atom stereocenters. The molecule has 0 unspecified atom stereocenters. The van der Waals surface area contributed by atoms with Gasteiger partial charge in [-0.05, 0) is 35.3 Å². The molecule has 0 aliphatic rings. The molecule has 3 aromatic rings. The van der Waals surface area contributed by atoms with Crippen molar-refractivity contribution in [3.8, 4) is 0 Å². The Hall–Kier alpha value is -2.60. The Labute approximate surface area is 126 Å². The molecule has 0 N–H and O–H groups in total.